The van der Waals surface area contributed by atoms with Gasteiger partial charge in [0.1, 0.15) is 30.0 Å². The van der Waals surface area contributed by atoms with Gasteiger partial charge in [0.05, 0.1) is 37.2 Å². The molecule has 2 saturated heterocycles. The molecular formula is C37H51FN11O10PS2Si. The van der Waals surface area contributed by atoms with Gasteiger partial charge >= 0.3 is 6.72 Å². The minimum absolute atomic E-state index is 0. The lowest BCUT2D eigenvalue weighted by molar-refractivity contribution is -0.118. The van der Waals surface area contributed by atoms with Gasteiger partial charge in [0.25, 0.3) is 11.5 Å². The van der Waals surface area contributed by atoms with Gasteiger partial charge in [0, 0.05) is 11.5 Å². The molecule has 2 fully saturated rings. The van der Waals surface area contributed by atoms with E-state index < -0.39 is 86.5 Å². The first-order valence-electron chi connectivity index (χ1n) is 19.6. The fourth-order valence-corrected chi connectivity index (χ4v) is 11.0. The van der Waals surface area contributed by atoms with Crippen LogP contribution in [-0.4, -0.2) is 123 Å². The molecule has 63 heavy (non-hydrogen) atoms. The summed E-state index contributed by atoms with van der Waals surface area (Å²) < 4.78 is 43.5. The molecule has 0 bridgehead atoms. The van der Waals surface area contributed by atoms with Gasteiger partial charge in [-0.25, -0.2) is 24.3 Å². The Labute approximate surface area is 370 Å². The van der Waals surface area contributed by atoms with Crippen molar-refractivity contribution in [3.8, 4) is 0 Å². The molecule has 1 aromatic carbocycles. The molecule has 2 aliphatic rings. The van der Waals surface area contributed by atoms with Crippen LogP contribution in [0.1, 0.15) is 56.6 Å². The largest absolute Gasteiger partial charge is 0.410 e. The number of thioether (sulfide) groups is 1. The number of imidazole rings is 2. The van der Waals surface area contributed by atoms with Crippen molar-refractivity contribution in [2.45, 2.75) is 100 Å². The molecule has 2 aliphatic heterocycles. The summed E-state index contributed by atoms with van der Waals surface area (Å²) >= 11 is 6.76. The van der Waals surface area contributed by atoms with Gasteiger partial charge in [-0.15, -0.1) is 11.8 Å². The quantitative estimate of drug-likeness (QED) is 0.0607. The maximum Gasteiger partial charge on any atom is 0.325 e. The van der Waals surface area contributed by atoms with E-state index in [1.165, 1.54) is 39.9 Å². The fourth-order valence-electron chi connectivity index (χ4n) is 6.60. The second-order valence-electron chi connectivity index (χ2n) is 16.7. The Balaban J connectivity index is 0.00000661. The number of alkyl halides is 1. The fraction of sp³-hybridized carbons (Fsp3) is 0.514. The Hall–Kier alpha value is -4.11. The number of halogens is 1. The Kier molecular flexibility index (Phi) is 14.4. The molecule has 9 N–H and O–H groups in total. The number of anilines is 2. The van der Waals surface area contributed by atoms with Gasteiger partial charge in [0.15, 0.2) is 48.9 Å². The summed E-state index contributed by atoms with van der Waals surface area (Å²) in [4.78, 5) is 74.1. The van der Waals surface area contributed by atoms with E-state index in [4.69, 9.17) is 30.0 Å². The van der Waals surface area contributed by atoms with Crippen molar-refractivity contribution in [1.29, 1.82) is 0 Å². The number of hydrogen-bond donors (Lipinski definition) is 7. The normalized spacial score (nSPS) is 25.0. The predicted octanol–water partition coefficient (Wildman–Crippen LogP) is 4.18. The number of amides is 2. The van der Waals surface area contributed by atoms with Gasteiger partial charge < -0.3 is 40.3 Å². The first-order valence-corrected chi connectivity index (χ1v) is 26.0. The average Bonchev–Trinajstić information content (AvgIpc) is 3.98. The zero-order valence-corrected chi connectivity index (χ0v) is 38.9. The van der Waals surface area contributed by atoms with E-state index in [2.05, 4.69) is 40.5 Å². The number of hydrogen-bond acceptors (Lipinski definition) is 17. The van der Waals surface area contributed by atoms with E-state index in [1.54, 1.807) is 44.2 Å². The molecule has 2 amide bonds. The maximum atomic E-state index is 15.9. The summed E-state index contributed by atoms with van der Waals surface area (Å²) in [5.41, 5.74) is 0.0243. The molecule has 9 atom stereocenters. The summed E-state index contributed by atoms with van der Waals surface area (Å²) in [5.74, 6) is -1.29. The molecular weight excluding hydrogens is 901 g/mol. The van der Waals surface area contributed by atoms with Crippen LogP contribution < -0.4 is 22.3 Å². The van der Waals surface area contributed by atoms with Gasteiger partial charge in [-0.1, -0.05) is 52.8 Å². The highest BCUT2D eigenvalue weighted by atomic mass is 32.5. The van der Waals surface area contributed by atoms with Crippen LogP contribution in [0.2, 0.25) is 18.1 Å². The van der Waals surface area contributed by atoms with Crippen LogP contribution in [0, 0.1) is 5.92 Å². The third-order valence-corrected chi connectivity index (χ3v) is 18.6. The molecule has 0 saturated carbocycles. The number of rotatable bonds is 14. The van der Waals surface area contributed by atoms with Crippen molar-refractivity contribution in [2.24, 2.45) is 5.92 Å². The summed E-state index contributed by atoms with van der Waals surface area (Å²) in [5, 5.41) is 25.2. The molecule has 7 rings (SSSR count). The highest BCUT2D eigenvalue weighted by Crippen LogP contribution is 2.56. The summed E-state index contributed by atoms with van der Waals surface area (Å²) in [6, 6.07) is 8.44. The first-order chi connectivity index (χ1) is 29.2. The van der Waals surface area contributed by atoms with Crippen LogP contribution in [0.4, 0.5) is 16.2 Å². The minimum atomic E-state index is -4.33. The molecule has 5 aromatic rings. The van der Waals surface area contributed by atoms with Crippen LogP contribution in [0.25, 0.3) is 22.3 Å². The number of carbonyl (C=O) groups excluding carboxylic acids is 2. The molecule has 0 radical (unpaired) electrons. The van der Waals surface area contributed by atoms with E-state index in [9.17, 15) is 29.5 Å². The number of aliphatic hydroxyl groups excluding tert-OH is 2. The molecule has 2 unspecified atom stereocenters. The minimum Gasteiger partial charge on any atom is -0.410 e. The zero-order valence-electron chi connectivity index (χ0n) is 35.4. The third-order valence-electron chi connectivity index (χ3n) is 11.0. The standard InChI is InChI=1S/C37H48FN10O10PS2Si.H3N/c1-18(2)31(51)45-36-44-30-24(33(53)46-36)42-17-48(30)35-27(26(21(13-49)61-35)58-62(6,7)37(3,4)5)57-59(54,60)55-14-20-25(50)22(38)34(56-20)47-16-41-23-28(39-15-40-29(23)47)43-32(52)19-11-9-8-10-12-19;/h8-12,15-18,20-22,25-27,34-35,49-50H,13-14H2,1-7H3,(H,54,60)(H,39,40,43,52)(H2,44,45,46,51,53);1H3/t20-,21?,22+,25-,26-,27-,34-,35-,59?;/m1./s1. The Morgan fingerprint density at radius 2 is 1.75 bits per heavy atom. The molecule has 21 nitrogen and oxygen atoms in total. The first kappa shape index (κ1) is 48.3. The monoisotopic (exact) mass is 951 g/mol. The molecule has 6 heterocycles. The highest BCUT2D eigenvalue weighted by molar-refractivity contribution is 8.07. The predicted molar refractivity (Wildman–Crippen MR) is 238 cm³/mol. The van der Waals surface area contributed by atoms with Crippen LogP contribution in [0.15, 0.2) is 54.1 Å². The van der Waals surface area contributed by atoms with Gasteiger partial charge in [-0.3, -0.25) is 38.3 Å². The number of nitrogens with zero attached hydrogens (tertiary/aromatic N) is 7. The van der Waals surface area contributed by atoms with Gasteiger partial charge in [0.2, 0.25) is 11.9 Å². The Morgan fingerprint density at radius 1 is 1.06 bits per heavy atom. The number of carbonyl (C=O) groups is 2. The average molecular weight is 952 g/mol. The van der Waals surface area contributed by atoms with Crippen LogP contribution in [0.5, 0.6) is 0 Å². The smallest absolute Gasteiger partial charge is 0.325 e. The summed E-state index contributed by atoms with van der Waals surface area (Å²) in [6.45, 7) is 8.18. The van der Waals surface area contributed by atoms with E-state index in [-0.39, 0.29) is 57.8 Å². The lowest BCUT2D eigenvalue weighted by Gasteiger charge is -2.41. The number of H-pyrrole nitrogens is 1. The molecule has 0 spiro atoms. The van der Waals surface area contributed by atoms with E-state index in [0.29, 0.717) is 5.56 Å². The Bertz CT molecular complexity index is 2560. The molecule has 342 valence electrons. The van der Waals surface area contributed by atoms with Crippen molar-refractivity contribution in [1.82, 2.24) is 45.2 Å². The summed E-state index contributed by atoms with van der Waals surface area (Å²) in [6.07, 6.45) is -4.89. The van der Waals surface area contributed by atoms with Crippen LogP contribution >= 0.6 is 18.5 Å². The lowest BCUT2D eigenvalue weighted by atomic mass is 10.1. The number of nitrogens with one attached hydrogen (secondary N) is 3. The zero-order chi connectivity index (χ0) is 44.9. The van der Waals surface area contributed by atoms with Crippen molar-refractivity contribution < 1.29 is 47.3 Å². The number of ether oxygens (including phenoxy) is 1. The number of aromatic amines is 1. The highest BCUT2D eigenvalue weighted by Gasteiger charge is 2.53. The van der Waals surface area contributed by atoms with Gasteiger partial charge in [-0.2, -0.15) is 4.98 Å². The second-order valence-corrected chi connectivity index (χ2v) is 25.6. The molecule has 26 heteroatoms. The number of aliphatic hydroxyl groups is 2. The van der Waals surface area contributed by atoms with Crippen LogP contribution in [0.3, 0.4) is 0 Å². The third kappa shape index (κ3) is 9.94. The SMILES string of the molecule is CC(C)C(=O)Nc1nc2c(ncn2[C@@H]2SC(CO)[C@@H](O[Si](C)(C)C(C)(C)C)[C@H]2OP(O)(=S)OC[C@H]2O[C@@H](n3cnc4c(NC(=O)c5ccccc5)ncnc43)[C@@H](F)[C@@H]2O)c(=O)[nH]1.N. The van der Waals surface area contributed by atoms with Crippen LogP contribution in [-0.2, 0) is 34.8 Å². The maximum absolute atomic E-state index is 15.9. The van der Waals surface area contributed by atoms with Crippen molar-refractivity contribution in [2.75, 3.05) is 23.8 Å². The van der Waals surface area contributed by atoms with E-state index in [0.717, 1.165) is 0 Å². The number of aromatic nitrogens is 8. The molecule has 4 aromatic heterocycles. The lowest BCUT2D eigenvalue weighted by Crippen LogP contribution is -2.50. The number of fused-ring (bicyclic) bond motifs is 2. The van der Waals surface area contributed by atoms with Crippen molar-refractivity contribution in [3.63, 3.8) is 0 Å². The molecule has 0 aliphatic carbocycles. The number of benzene rings is 1. The van der Waals surface area contributed by atoms with Gasteiger partial charge in [-0.05, 0) is 42.1 Å². The van der Waals surface area contributed by atoms with E-state index >= 15 is 4.39 Å². The topological polar surface area (TPSA) is 298 Å². The second kappa shape index (κ2) is 18.8. The summed E-state index contributed by atoms with van der Waals surface area (Å²) in [7, 11) is -2.62. The van der Waals surface area contributed by atoms with Crippen molar-refractivity contribution in [3.05, 3.63) is 65.2 Å². The van der Waals surface area contributed by atoms with E-state index in [1.807, 2.05) is 33.9 Å². The Morgan fingerprint density at radius 3 is 2.41 bits per heavy atom. The van der Waals surface area contributed by atoms with Crippen molar-refractivity contribution >= 4 is 84.5 Å².